The number of hydrogen-bond acceptors (Lipinski definition) is 4. The number of rotatable bonds is 3. The quantitative estimate of drug-likeness (QED) is 0.802. The van der Waals surface area contributed by atoms with Crippen molar-refractivity contribution in [3.05, 3.63) is 59.7 Å². The summed E-state index contributed by atoms with van der Waals surface area (Å²) in [6.45, 7) is 0.587. The van der Waals surface area contributed by atoms with Gasteiger partial charge in [-0.2, -0.15) is 0 Å². The van der Waals surface area contributed by atoms with E-state index in [2.05, 4.69) is 27.1 Å². The monoisotopic (exact) mass is 266 g/mol. The first-order valence-electron chi connectivity index (χ1n) is 6.13. The predicted molar refractivity (Wildman–Crippen MR) is 75.6 cm³/mol. The zero-order chi connectivity index (χ0) is 14.2. The second-order valence-corrected chi connectivity index (χ2v) is 3.91. The summed E-state index contributed by atoms with van der Waals surface area (Å²) in [5, 5.41) is 2.77. The van der Waals surface area contributed by atoms with Crippen LogP contribution in [0.25, 0.3) is 0 Å². The minimum absolute atomic E-state index is 0.240. The average Bonchev–Trinajstić information content (AvgIpc) is 2.52. The van der Waals surface area contributed by atoms with E-state index in [4.69, 9.17) is 5.73 Å². The number of carbonyl (C=O) groups excluding carboxylic acids is 1. The normalized spacial score (nSPS) is 9.45. The van der Waals surface area contributed by atoms with Crippen LogP contribution in [-0.4, -0.2) is 22.4 Å². The molecule has 0 aliphatic rings. The van der Waals surface area contributed by atoms with Crippen molar-refractivity contribution in [1.29, 1.82) is 0 Å². The fraction of sp³-hybridized carbons (Fsp3) is 0.133. The highest BCUT2D eigenvalue weighted by Crippen LogP contribution is 2.04. The van der Waals surface area contributed by atoms with Gasteiger partial charge in [-0.1, -0.05) is 17.9 Å². The molecule has 0 bridgehead atoms. The van der Waals surface area contributed by atoms with Crippen LogP contribution in [0, 0.1) is 11.8 Å². The van der Waals surface area contributed by atoms with Gasteiger partial charge in [0, 0.05) is 12.4 Å². The van der Waals surface area contributed by atoms with E-state index < -0.39 is 0 Å². The van der Waals surface area contributed by atoms with Crippen LogP contribution in [0.2, 0.25) is 0 Å². The van der Waals surface area contributed by atoms with Crippen LogP contribution in [0.1, 0.15) is 21.7 Å². The van der Waals surface area contributed by atoms with Crippen molar-refractivity contribution in [3.63, 3.8) is 0 Å². The summed E-state index contributed by atoms with van der Waals surface area (Å²) in [6.07, 6.45) is 3.24. The number of nitrogens with zero attached hydrogens (tertiary/aromatic N) is 2. The largest absolute Gasteiger partial charge is 0.345 e. The molecule has 2 heterocycles. The Morgan fingerprint density at radius 3 is 2.80 bits per heavy atom. The summed E-state index contributed by atoms with van der Waals surface area (Å²) in [5.41, 5.74) is 6.98. The molecular formula is C15H14N4O. The van der Waals surface area contributed by atoms with Gasteiger partial charge in [0.25, 0.3) is 5.91 Å². The first kappa shape index (κ1) is 13.7. The van der Waals surface area contributed by atoms with E-state index in [0.29, 0.717) is 17.8 Å². The van der Waals surface area contributed by atoms with Crippen molar-refractivity contribution < 1.29 is 4.79 Å². The molecule has 0 saturated carbocycles. The van der Waals surface area contributed by atoms with Crippen LogP contribution in [0.3, 0.4) is 0 Å². The van der Waals surface area contributed by atoms with Gasteiger partial charge in [-0.15, -0.1) is 0 Å². The van der Waals surface area contributed by atoms with Crippen molar-refractivity contribution in [2.45, 2.75) is 6.54 Å². The molecule has 0 aromatic carbocycles. The zero-order valence-corrected chi connectivity index (χ0v) is 10.8. The Morgan fingerprint density at radius 1 is 1.20 bits per heavy atom. The lowest BCUT2D eigenvalue weighted by atomic mass is 10.2. The van der Waals surface area contributed by atoms with Crippen molar-refractivity contribution in [2.24, 2.45) is 5.73 Å². The summed E-state index contributed by atoms with van der Waals surface area (Å²) in [6, 6.07) is 9.01. The van der Waals surface area contributed by atoms with Gasteiger partial charge in [-0.25, -0.2) is 4.98 Å². The van der Waals surface area contributed by atoms with Crippen molar-refractivity contribution in [1.82, 2.24) is 15.3 Å². The molecule has 0 atom stereocenters. The Labute approximate surface area is 117 Å². The number of pyridine rings is 2. The SMILES string of the molecule is NCC#Cc1cccnc1C(=O)NCc1ccccn1. The highest BCUT2D eigenvalue weighted by atomic mass is 16.1. The van der Waals surface area contributed by atoms with E-state index in [-0.39, 0.29) is 12.5 Å². The van der Waals surface area contributed by atoms with Crippen molar-refractivity contribution in [2.75, 3.05) is 6.54 Å². The summed E-state index contributed by atoms with van der Waals surface area (Å²) in [4.78, 5) is 20.3. The molecule has 0 spiro atoms. The smallest absolute Gasteiger partial charge is 0.271 e. The summed E-state index contributed by atoms with van der Waals surface area (Å²) < 4.78 is 0. The Balaban J connectivity index is 2.09. The lowest BCUT2D eigenvalue weighted by Crippen LogP contribution is -2.25. The zero-order valence-electron chi connectivity index (χ0n) is 10.8. The third-order valence-electron chi connectivity index (χ3n) is 2.50. The van der Waals surface area contributed by atoms with Gasteiger partial charge in [0.1, 0.15) is 5.69 Å². The van der Waals surface area contributed by atoms with Crippen LogP contribution in [-0.2, 0) is 6.54 Å². The standard InChI is InChI=1S/C15H14N4O/c16-8-3-5-12-6-4-10-18-14(12)15(20)19-11-13-7-1-2-9-17-13/h1-2,4,6-7,9-10H,8,11,16H2,(H,19,20). The molecule has 3 N–H and O–H groups in total. The third kappa shape index (κ3) is 3.64. The first-order valence-corrected chi connectivity index (χ1v) is 6.13. The van der Waals surface area contributed by atoms with Gasteiger partial charge in [-0.3, -0.25) is 9.78 Å². The van der Waals surface area contributed by atoms with Gasteiger partial charge < -0.3 is 11.1 Å². The molecule has 100 valence electrons. The van der Waals surface area contributed by atoms with Crippen LogP contribution >= 0.6 is 0 Å². The number of carbonyl (C=O) groups is 1. The lowest BCUT2D eigenvalue weighted by molar-refractivity contribution is 0.0945. The van der Waals surface area contributed by atoms with E-state index in [1.54, 1.807) is 24.5 Å². The molecule has 2 aromatic heterocycles. The van der Waals surface area contributed by atoms with Crippen LogP contribution in [0.5, 0.6) is 0 Å². The van der Waals surface area contributed by atoms with Crippen molar-refractivity contribution in [3.8, 4) is 11.8 Å². The first-order chi connectivity index (χ1) is 9.81. The Kier molecular flexibility index (Phi) is 4.81. The number of nitrogens with two attached hydrogens (primary N) is 1. The van der Waals surface area contributed by atoms with E-state index >= 15 is 0 Å². The molecule has 0 radical (unpaired) electrons. The molecule has 0 saturated heterocycles. The molecule has 0 unspecified atom stereocenters. The Bertz CT molecular complexity index is 644. The molecule has 2 aromatic rings. The maximum absolute atomic E-state index is 12.1. The molecular weight excluding hydrogens is 252 g/mol. The average molecular weight is 266 g/mol. The van der Waals surface area contributed by atoms with E-state index in [1.807, 2.05) is 18.2 Å². The topological polar surface area (TPSA) is 80.9 Å². The minimum atomic E-state index is -0.280. The van der Waals surface area contributed by atoms with Gasteiger partial charge in [0.2, 0.25) is 0 Å². The summed E-state index contributed by atoms with van der Waals surface area (Å²) in [7, 11) is 0. The molecule has 0 aliphatic heterocycles. The molecule has 5 nitrogen and oxygen atoms in total. The van der Waals surface area contributed by atoms with Gasteiger partial charge in [0.15, 0.2) is 0 Å². The molecule has 20 heavy (non-hydrogen) atoms. The summed E-state index contributed by atoms with van der Waals surface area (Å²) in [5.74, 6) is 5.28. The number of aromatic nitrogens is 2. The highest BCUT2D eigenvalue weighted by Gasteiger charge is 2.11. The molecule has 0 aliphatic carbocycles. The maximum Gasteiger partial charge on any atom is 0.271 e. The molecule has 1 amide bonds. The van der Waals surface area contributed by atoms with Gasteiger partial charge >= 0.3 is 0 Å². The third-order valence-corrected chi connectivity index (χ3v) is 2.50. The van der Waals surface area contributed by atoms with Crippen molar-refractivity contribution >= 4 is 5.91 Å². The van der Waals surface area contributed by atoms with Crippen LogP contribution in [0.4, 0.5) is 0 Å². The second kappa shape index (κ2) is 7.02. The Morgan fingerprint density at radius 2 is 2.05 bits per heavy atom. The lowest BCUT2D eigenvalue weighted by Gasteiger charge is -2.05. The predicted octanol–water partition coefficient (Wildman–Crippen LogP) is 0.717. The number of amides is 1. The Hall–Kier alpha value is -2.71. The van der Waals surface area contributed by atoms with Crippen LogP contribution < -0.4 is 11.1 Å². The van der Waals surface area contributed by atoms with Gasteiger partial charge in [0.05, 0.1) is 24.3 Å². The van der Waals surface area contributed by atoms with Crippen LogP contribution in [0.15, 0.2) is 42.7 Å². The molecule has 5 heteroatoms. The van der Waals surface area contributed by atoms with E-state index in [0.717, 1.165) is 5.69 Å². The molecule has 0 fully saturated rings. The highest BCUT2D eigenvalue weighted by molar-refractivity contribution is 5.94. The summed E-state index contributed by atoms with van der Waals surface area (Å²) >= 11 is 0. The fourth-order valence-corrected chi connectivity index (χ4v) is 1.59. The number of hydrogen-bond donors (Lipinski definition) is 2. The minimum Gasteiger partial charge on any atom is -0.345 e. The molecule has 2 rings (SSSR count). The number of nitrogens with one attached hydrogen (secondary N) is 1. The second-order valence-electron chi connectivity index (χ2n) is 3.91. The maximum atomic E-state index is 12.1. The van der Waals surface area contributed by atoms with Gasteiger partial charge in [-0.05, 0) is 24.3 Å². The fourth-order valence-electron chi connectivity index (χ4n) is 1.59. The van der Waals surface area contributed by atoms with E-state index in [9.17, 15) is 4.79 Å². The van der Waals surface area contributed by atoms with E-state index in [1.165, 1.54) is 0 Å².